The number of hydrogen-bond donors (Lipinski definition) is 0. The van der Waals surface area contributed by atoms with Crippen LogP contribution in [-0.2, 0) is 0 Å². The Morgan fingerprint density at radius 1 is 1.05 bits per heavy atom. The molecule has 3 nitrogen and oxygen atoms in total. The molecule has 0 unspecified atom stereocenters. The van der Waals surface area contributed by atoms with Gasteiger partial charge in [-0.2, -0.15) is 5.10 Å². The molecule has 0 fully saturated rings. The zero-order valence-corrected chi connectivity index (χ0v) is 13.0. The lowest BCUT2D eigenvalue weighted by Crippen LogP contribution is -2.00. The number of aromatic nitrogens is 2. The van der Waals surface area contributed by atoms with Crippen LogP contribution in [0.4, 0.5) is 0 Å². The molecule has 0 N–H and O–H groups in total. The lowest BCUT2D eigenvalue weighted by Gasteiger charge is -2.07. The maximum absolute atomic E-state index is 11.6. The number of halogens is 1. The first-order chi connectivity index (χ1) is 10.1. The Balaban J connectivity index is 2.19. The molecular weight excluding hydrogens is 328 g/mol. The number of rotatable bonds is 3. The Bertz CT molecular complexity index is 776. The van der Waals surface area contributed by atoms with Gasteiger partial charge in [-0.25, -0.2) is 4.68 Å². The fourth-order valence-corrected chi connectivity index (χ4v) is 2.41. The molecule has 1 aromatic heterocycles. The molecule has 3 rings (SSSR count). The van der Waals surface area contributed by atoms with E-state index in [1.54, 1.807) is 4.68 Å². The monoisotopic (exact) mass is 340 g/mol. The van der Waals surface area contributed by atoms with Gasteiger partial charge in [0.2, 0.25) is 0 Å². The summed E-state index contributed by atoms with van der Waals surface area (Å²) in [5.41, 5.74) is 3.32. The number of nitrogens with zero attached hydrogens (tertiary/aromatic N) is 2. The largest absolute Gasteiger partial charge is 0.293 e. The van der Waals surface area contributed by atoms with Gasteiger partial charge in [-0.1, -0.05) is 46.3 Å². The second kappa shape index (κ2) is 5.66. The van der Waals surface area contributed by atoms with E-state index in [0.717, 1.165) is 21.4 Å². The van der Waals surface area contributed by atoms with E-state index in [9.17, 15) is 4.79 Å². The fourth-order valence-electron chi connectivity index (χ4n) is 2.15. The van der Waals surface area contributed by atoms with E-state index in [1.165, 1.54) is 6.92 Å². The van der Waals surface area contributed by atoms with E-state index in [0.29, 0.717) is 5.69 Å². The molecule has 0 spiro atoms. The molecule has 0 bridgehead atoms. The Hall–Kier alpha value is -2.20. The average molecular weight is 341 g/mol. The van der Waals surface area contributed by atoms with Gasteiger partial charge >= 0.3 is 0 Å². The van der Waals surface area contributed by atoms with Crippen LogP contribution in [0.1, 0.15) is 17.4 Å². The first-order valence-electron chi connectivity index (χ1n) is 6.57. The van der Waals surface area contributed by atoms with Crippen molar-refractivity contribution in [2.75, 3.05) is 0 Å². The lowest BCUT2D eigenvalue weighted by atomic mass is 10.1. The predicted octanol–water partition coefficient (Wildman–Crippen LogP) is 4.50. The van der Waals surface area contributed by atoms with Gasteiger partial charge < -0.3 is 0 Å². The Labute approximate surface area is 131 Å². The van der Waals surface area contributed by atoms with Crippen molar-refractivity contribution in [1.29, 1.82) is 0 Å². The number of carbonyl (C=O) groups excluding carboxylic acids is 1. The topological polar surface area (TPSA) is 34.9 Å². The van der Waals surface area contributed by atoms with E-state index >= 15 is 0 Å². The first-order valence-corrected chi connectivity index (χ1v) is 7.37. The van der Waals surface area contributed by atoms with E-state index in [2.05, 4.69) is 21.0 Å². The number of ketones is 1. The van der Waals surface area contributed by atoms with E-state index < -0.39 is 0 Å². The maximum atomic E-state index is 11.6. The molecule has 0 aliphatic heterocycles. The Morgan fingerprint density at radius 2 is 1.71 bits per heavy atom. The average Bonchev–Trinajstić information content (AvgIpc) is 2.94. The van der Waals surface area contributed by atoms with Gasteiger partial charge in [0, 0.05) is 17.0 Å². The zero-order chi connectivity index (χ0) is 14.8. The standard InChI is InChI=1S/C17H13BrN2O/c1-12(21)16-11-17(13-5-3-2-4-6-13)20(19-16)15-9-7-14(18)8-10-15/h2-11H,1H3. The maximum Gasteiger partial charge on any atom is 0.180 e. The van der Waals surface area contributed by atoms with Crippen molar-refractivity contribution < 1.29 is 4.79 Å². The highest BCUT2D eigenvalue weighted by Crippen LogP contribution is 2.25. The third-order valence-electron chi connectivity index (χ3n) is 3.21. The summed E-state index contributed by atoms with van der Waals surface area (Å²) in [4.78, 5) is 11.6. The van der Waals surface area contributed by atoms with E-state index in [-0.39, 0.29) is 5.78 Å². The summed E-state index contributed by atoms with van der Waals surface area (Å²) in [5, 5.41) is 4.44. The van der Waals surface area contributed by atoms with E-state index in [1.807, 2.05) is 60.7 Å². The summed E-state index contributed by atoms with van der Waals surface area (Å²) in [6, 6.07) is 19.6. The van der Waals surface area contributed by atoms with Gasteiger partial charge in [0.25, 0.3) is 0 Å². The molecule has 0 aliphatic carbocycles. The van der Waals surface area contributed by atoms with Crippen molar-refractivity contribution in [2.45, 2.75) is 6.92 Å². The molecule has 1 heterocycles. The molecule has 0 atom stereocenters. The van der Waals surface area contributed by atoms with Gasteiger partial charge in [0.15, 0.2) is 5.78 Å². The lowest BCUT2D eigenvalue weighted by molar-refractivity contribution is 0.101. The van der Waals surface area contributed by atoms with Crippen molar-refractivity contribution in [2.24, 2.45) is 0 Å². The number of Topliss-reactive ketones (excluding diaryl/α,β-unsaturated/α-hetero) is 1. The minimum atomic E-state index is -0.0388. The highest BCUT2D eigenvalue weighted by Gasteiger charge is 2.13. The SMILES string of the molecule is CC(=O)c1cc(-c2ccccc2)n(-c2ccc(Br)cc2)n1. The third kappa shape index (κ3) is 2.81. The van der Waals surface area contributed by atoms with Crippen molar-refractivity contribution in [3.63, 3.8) is 0 Å². The minimum absolute atomic E-state index is 0.0388. The summed E-state index contributed by atoms with van der Waals surface area (Å²) in [6.45, 7) is 1.53. The molecule has 0 amide bonds. The highest BCUT2D eigenvalue weighted by atomic mass is 79.9. The molecule has 104 valence electrons. The predicted molar refractivity (Wildman–Crippen MR) is 86.7 cm³/mol. The van der Waals surface area contributed by atoms with Crippen LogP contribution < -0.4 is 0 Å². The van der Waals surface area contributed by atoms with Crippen LogP contribution in [-0.4, -0.2) is 15.6 Å². The van der Waals surface area contributed by atoms with Gasteiger partial charge in [-0.05, 0) is 30.3 Å². The zero-order valence-electron chi connectivity index (χ0n) is 11.5. The molecule has 2 aromatic carbocycles. The molecule has 0 radical (unpaired) electrons. The summed E-state index contributed by atoms with van der Waals surface area (Å²) in [7, 11) is 0. The molecule has 4 heteroatoms. The summed E-state index contributed by atoms with van der Waals surface area (Å²) < 4.78 is 2.81. The molecule has 21 heavy (non-hydrogen) atoms. The van der Waals surface area contributed by atoms with Crippen molar-refractivity contribution in [1.82, 2.24) is 9.78 Å². The van der Waals surface area contributed by atoms with Crippen LogP contribution in [0.3, 0.4) is 0 Å². The van der Waals surface area contributed by atoms with Gasteiger partial charge in [-0.3, -0.25) is 4.79 Å². The van der Waals surface area contributed by atoms with Crippen LogP contribution in [0.2, 0.25) is 0 Å². The highest BCUT2D eigenvalue weighted by molar-refractivity contribution is 9.10. The van der Waals surface area contributed by atoms with Crippen LogP contribution in [0, 0.1) is 0 Å². The second-order valence-electron chi connectivity index (χ2n) is 4.73. The summed E-state index contributed by atoms with van der Waals surface area (Å²) in [5.74, 6) is -0.0388. The second-order valence-corrected chi connectivity index (χ2v) is 5.64. The smallest absolute Gasteiger partial charge is 0.180 e. The molecular formula is C17H13BrN2O. The van der Waals surface area contributed by atoms with Gasteiger partial charge in [0.05, 0.1) is 11.4 Å². The van der Waals surface area contributed by atoms with Gasteiger partial charge in [0.1, 0.15) is 5.69 Å². The minimum Gasteiger partial charge on any atom is -0.293 e. The number of benzene rings is 2. The van der Waals surface area contributed by atoms with E-state index in [4.69, 9.17) is 0 Å². The van der Waals surface area contributed by atoms with Crippen LogP contribution in [0.15, 0.2) is 65.1 Å². The molecule has 0 saturated heterocycles. The Kier molecular flexibility index (Phi) is 3.71. The van der Waals surface area contributed by atoms with Crippen LogP contribution in [0.5, 0.6) is 0 Å². The Morgan fingerprint density at radius 3 is 2.33 bits per heavy atom. The molecule has 0 aliphatic rings. The fraction of sp³-hybridized carbons (Fsp3) is 0.0588. The molecule has 3 aromatic rings. The quantitative estimate of drug-likeness (QED) is 0.657. The summed E-state index contributed by atoms with van der Waals surface area (Å²) >= 11 is 3.43. The number of carbonyl (C=O) groups is 1. The third-order valence-corrected chi connectivity index (χ3v) is 3.74. The van der Waals surface area contributed by atoms with Crippen LogP contribution in [0.25, 0.3) is 16.9 Å². The normalized spacial score (nSPS) is 10.6. The molecule has 0 saturated carbocycles. The van der Waals surface area contributed by atoms with Gasteiger partial charge in [-0.15, -0.1) is 0 Å². The van der Waals surface area contributed by atoms with Crippen molar-refractivity contribution in [3.8, 4) is 16.9 Å². The van der Waals surface area contributed by atoms with Crippen molar-refractivity contribution >= 4 is 21.7 Å². The van der Waals surface area contributed by atoms with Crippen molar-refractivity contribution in [3.05, 3.63) is 70.8 Å². The van der Waals surface area contributed by atoms with Crippen LogP contribution >= 0.6 is 15.9 Å². The summed E-state index contributed by atoms with van der Waals surface area (Å²) in [6.07, 6.45) is 0. The first kappa shape index (κ1) is 13.8. The number of hydrogen-bond acceptors (Lipinski definition) is 2.